The standard InChI is InChI=1S/C14H22N4S/c1-10-15-6-13(7-16-14(3,4)5)18(10)8-12-9-19-11(2)17-12/h6,9,16H,7-8H2,1-5H3. The predicted octanol–water partition coefficient (Wildman–Crippen LogP) is 2.89. The largest absolute Gasteiger partial charge is 0.325 e. The van der Waals surface area contributed by atoms with E-state index >= 15 is 0 Å². The lowest BCUT2D eigenvalue weighted by molar-refractivity contribution is 0.416. The van der Waals surface area contributed by atoms with Crippen LogP contribution < -0.4 is 5.32 Å². The molecule has 0 aliphatic heterocycles. The second-order valence-electron chi connectivity index (χ2n) is 5.84. The zero-order chi connectivity index (χ0) is 14.0. The minimum Gasteiger partial charge on any atom is -0.325 e. The fourth-order valence-corrected chi connectivity index (χ4v) is 2.47. The van der Waals surface area contributed by atoms with Crippen LogP contribution in [-0.4, -0.2) is 20.1 Å². The molecule has 2 heterocycles. The van der Waals surface area contributed by atoms with Gasteiger partial charge in [-0.2, -0.15) is 0 Å². The molecule has 2 aromatic heterocycles. The molecular formula is C14H22N4S. The Morgan fingerprint density at radius 3 is 2.63 bits per heavy atom. The molecule has 0 atom stereocenters. The molecule has 0 saturated heterocycles. The van der Waals surface area contributed by atoms with E-state index in [1.807, 2.05) is 20.0 Å². The number of thiazole rings is 1. The Bertz CT molecular complexity index is 548. The van der Waals surface area contributed by atoms with Gasteiger partial charge in [0.15, 0.2) is 0 Å². The van der Waals surface area contributed by atoms with Crippen molar-refractivity contribution in [2.75, 3.05) is 0 Å². The van der Waals surface area contributed by atoms with Crippen molar-refractivity contribution in [2.24, 2.45) is 0 Å². The van der Waals surface area contributed by atoms with Gasteiger partial charge < -0.3 is 9.88 Å². The first-order valence-corrected chi connectivity index (χ1v) is 7.40. The molecule has 0 unspecified atom stereocenters. The molecule has 2 aromatic rings. The topological polar surface area (TPSA) is 42.7 Å². The van der Waals surface area contributed by atoms with Crippen LogP contribution in [0.5, 0.6) is 0 Å². The Balaban J connectivity index is 2.13. The Morgan fingerprint density at radius 1 is 1.32 bits per heavy atom. The summed E-state index contributed by atoms with van der Waals surface area (Å²) < 4.78 is 2.23. The third-order valence-electron chi connectivity index (χ3n) is 2.92. The van der Waals surface area contributed by atoms with E-state index in [2.05, 4.69) is 46.0 Å². The minimum atomic E-state index is 0.111. The van der Waals surface area contributed by atoms with Gasteiger partial charge >= 0.3 is 0 Å². The summed E-state index contributed by atoms with van der Waals surface area (Å²) in [6.07, 6.45) is 1.95. The third-order valence-corrected chi connectivity index (χ3v) is 3.75. The van der Waals surface area contributed by atoms with Gasteiger partial charge in [0.1, 0.15) is 5.82 Å². The normalized spacial score (nSPS) is 12.1. The predicted molar refractivity (Wildman–Crippen MR) is 79.5 cm³/mol. The first-order chi connectivity index (χ1) is 8.85. The van der Waals surface area contributed by atoms with Gasteiger partial charge in [-0.15, -0.1) is 11.3 Å². The van der Waals surface area contributed by atoms with Crippen LogP contribution in [0.1, 0.15) is 43.0 Å². The summed E-state index contributed by atoms with van der Waals surface area (Å²) in [5.41, 5.74) is 2.43. The highest BCUT2D eigenvalue weighted by Crippen LogP contribution is 2.13. The average molecular weight is 278 g/mol. The molecule has 1 N–H and O–H groups in total. The average Bonchev–Trinajstić information content (AvgIpc) is 2.85. The molecular weight excluding hydrogens is 256 g/mol. The van der Waals surface area contributed by atoms with Crippen LogP contribution >= 0.6 is 11.3 Å². The van der Waals surface area contributed by atoms with Gasteiger partial charge in [-0.25, -0.2) is 9.97 Å². The zero-order valence-electron chi connectivity index (χ0n) is 12.3. The number of aromatic nitrogens is 3. The number of nitrogens with zero attached hydrogens (tertiary/aromatic N) is 3. The molecule has 5 heteroatoms. The molecule has 0 aliphatic carbocycles. The molecule has 0 bridgehead atoms. The molecule has 2 rings (SSSR count). The van der Waals surface area contributed by atoms with Gasteiger partial charge in [-0.05, 0) is 34.6 Å². The number of hydrogen-bond acceptors (Lipinski definition) is 4. The van der Waals surface area contributed by atoms with E-state index in [-0.39, 0.29) is 5.54 Å². The van der Waals surface area contributed by atoms with Crippen LogP contribution in [-0.2, 0) is 13.1 Å². The third kappa shape index (κ3) is 3.88. The minimum absolute atomic E-state index is 0.111. The van der Waals surface area contributed by atoms with Crippen LogP contribution in [0.4, 0.5) is 0 Å². The number of nitrogens with one attached hydrogen (secondary N) is 1. The summed E-state index contributed by atoms with van der Waals surface area (Å²) in [6, 6.07) is 0. The van der Waals surface area contributed by atoms with Gasteiger partial charge in [0.05, 0.1) is 22.9 Å². The van der Waals surface area contributed by atoms with E-state index in [0.717, 1.165) is 29.6 Å². The van der Waals surface area contributed by atoms with Gasteiger partial charge in [-0.1, -0.05) is 0 Å². The number of imidazole rings is 1. The molecule has 0 amide bonds. The lowest BCUT2D eigenvalue weighted by Crippen LogP contribution is -2.35. The van der Waals surface area contributed by atoms with Crippen LogP contribution in [0.3, 0.4) is 0 Å². The molecule has 0 aliphatic rings. The second kappa shape index (κ2) is 5.43. The Hall–Kier alpha value is -1.20. The number of rotatable bonds is 4. The Morgan fingerprint density at radius 2 is 2.05 bits per heavy atom. The number of hydrogen-bond donors (Lipinski definition) is 1. The van der Waals surface area contributed by atoms with E-state index in [0.29, 0.717) is 0 Å². The lowest BCUT2D eigenvalue weighted by atomic mass is 10.1. The van der Waals surface area contributed by atoms with Crippen LogP contribution in [0.2, 0.25) is 0 Å². The van der Waals surface area contributed by atoms with E-state index in [1.165, 1.54) is 5.69 Å². The monoisotopic (exact) mass is 278 g/mol. The highest BCUT2D eigenvalue weighted by molar-refractivity contribution is 7.09. The SMILES string of the molecule is Cc1nc(Cn2c(CNC(C)(C)C)cnc2C)cs1. The highest BCUT2D eigenvalue weighted by Gasteiger charge is 2.13. The van der Waals surface area contributed by atoms with Crippen LogP contribution in [0.15, 0.2) is 11.6 Å². The molecule has 19 heavy (non-hydrogen) atoms. The Kier molecular flexibility index (Phi) is 4.06. The number of aryl methyl sites for hydroxylation is 2. The maximum atomic E-state index is 4.53. The first kappa shape index (κ1) is 14.2. The van der Waals surface area contributed by atoms with Gasteiger partial charge in [0, 0.05) is 23.7 Å². The summed E-state index contributed by atoms with van der Waals surface area (Å²) in [6.45, 7) is 12.2. The van der Waals surface area contributed by atoms with Crippen molar-refractivity contribution >= 4 is 11.3 Å². The van der Waals surface area contributed by atoms with Crippen molar-refractivity contribution in [3.63, 3.8) is 0 Å². The molecule has 104 valence electrons. The van der Waals surface area contributed by atoms with Gasteiger partial charge in [0.2, 0.25) is 0 Å². The molecule has 0 saturated carbocycles. The van der Waals surface area contributed by atoms with Crippen LogP contribution in [0.25, 0.3) is 0 Å². The van der Waals surface area contributed by atoms with Gasteiger partial charge in [0.25, 0.3) is 0 Å². The molecule has 0 spiro atoms. The maximum Gasteiger partial charge on any atom is 0.106 e. The van der Waals surface area contributed by atoms with Crippen molar-refractivity contribution in [2.45, 2.75) is 53.2 Å². The van der Waals surface area contributed by atoms with Crippen molar-refractivity contribution in [1.82, 2.24) is 19.9 Å². The molecule has 4 nitrogen and oxygen atoms in total. The summed E-state index contributed by atoms with van der Waals surface area (Å²) >= 11 is 1.70. The van der Waals surface area contributed by atoms with Crippen LogP contribution in [0, 0.1) is 13.8 Å². The smallest absolute Gasteiger partial charge is 0.106 e. The molecule has 0 fully saturated rings. The summed E-state index contributed by atoms with van der Waals surface area (Å²) in [5.74, 6) is 1.04. The van der Waals surface area contributed by atoms with E-state index in [9.17, 15) is 0 Å². The summed E-state index contributed by atoms with van der Waals surface area (Å²) in [7, 11) is 0. The fraction of sp³-hybridized carbons (Fsp3) is 0.571. The maximum absolute atomic E-state index is 4.53. The highest BCUT2D eigenvalue weighted by atomic mass is 32.1. The lowest BCUT2D eigenvalue weighted by Gasteiger charge is -2.21. The van der Waals surface area contributed by atoms with Crippen molar-refractivity contribution < 1.29 is 0 Å². The fourth-order valence-electron chi connectivity index (χ4n) is 1.87. The first-order valence-electron chi connectivity index (χ1n) is 6.52. The van der Waals surface area contributed by atoms with Crippen molar-refractivity contribution in [3.05, 3.63) is 33.8 Å². The molecule has 0 radical (unpaired) electrons. The summed E-state index contributed by atoms with van der Waals surface area (Å²) in [5, 5.41) is 6.74. The van der Waals surface area contributed by atoms with E-state index < -0.39 is 0 Å². The van der Waals surface area contributed by atoms with Crippen molar-refractivity contribution in [1.29, 1.82) is 0 Å². The zero-order valence-corrected chi connectivity index (χ0v) is 13.1. The van der Waals surface area contributed by atoms with E-state index in [4.69, 9.17) is 0 Å². The molecule has 0 aromatic carbocycles. The van der Waals surface area contributed by atoms with Gasteiger partial charge in [-0.3, -0.25) is 0 Å². The quantitative estimate of drug-likeness (QED) is 0.935. The second-order valence-corrected chi connectivity index (χ2v) is 6.91. The van der Waals surface area contributed by atoms with Crippen molar-refractivity contribution in [3.8, 4) is 0 Å². The van der Waals surface area contributed by atoms with E-state index in [1.54, 1.807) is 11.3 Å². The Labute approximate surface area is 118 Å². The summed E-state index contributed by atoms with van der Waals surface area (Å²) in [4.78, 5) is 8.94.